The zero-order valence-corrected chi connectivity index (χ0v) is 8.53. The Balaban J connectivity index is 2.58. The number of allylic oxidation sites excluding steroid dienone is 1. The third-order valence-corrected chi connectivity index (χ3v) is 2.83. The first kappa shape index (κ1) is 9.89. The van der Waals surface area contributed by atoms with Gasteiger partial charge in [-0.25, -0.2) is 0 Å². The van der Waals surface area contributed by atoms with Crippen molar-refractivity contribution >= 4 is 11.6 Å². The first-order chi connectivity index (χ1) is 5.88. The average Bonchev–Trinajstić information content (AvgIpc) is 2.15. The molecule has 12 heavy (non-hydrogen) atoms. The molecule has 0 spiro atoms. The normalized spacial score (nSPS) is 18.5. The summed E-state index contributed by atoms with van der Waals surface area (Å²) in [7, 11) is 0. The van der Waals surface area contributed by atoms with E-state index in [1.807, 2.05) is 0 Å². The van der Waals surface area contributed by atoms with Crippen LogP contribution in [0.4, 0.5) is 0 Å². The van der Waals surface area contributed by atoms with Crippen LogP contribution in [0.15, 0.2) is 16.8 Å². The average molecular weight is 185 g/mol. The summed E-state index contributed by atoms with van der Waals surface area (Å²) in [5, 5.41) is 0. The Kier molecular flexibility index (Phi) is 4.50. The minimum absolute atomic E-state index is 0.777. The van der Waals surface area contributed by atoms with E-state index >= 15 is 0 Å². The Morgan fingerprint density at radius 3 is 2.58 bits per heavy atom. The van der Waals surface area contributed by atoms with Gasteiger partial charge in [0.05, 0.1) is 0 Å². The van der Waals surface area contributed by atoms with Gasteiger partial charge in [0.25, 0.3) is 0 Å². The van der Waals surface area contributed by atoms with Crippen molar-refractivity contribution in [2.45, 2.75) is 45.4 Å². The van der Waals surface area contributed by atoms with Crippen LogP contribution in [0.2, 0.25) is 0 Å². The van der Waals surface area contributed by atoms with Gasteiger partial charge in [-0.05, 0) is 30.8 Å². The van der Waals surface area contributed by atoms with Crippen LogP contribution >= 0.6 is 11.6 Å². The molecule has 0 atom stereocenters. The lowest BCUT2D eigenvalue weighted by Gasteiger charge is -2.22. The molecule has 0 heterocycles. The van der Waals surface area contributed by atoms with Gasteiger partial charge in [0.15, 0.2) is 0 Å². The van der Waals surface area contributed by atoms with E-state index in [1.165, 1.54) is 43.2 Å². The van der Waals surface area contributed by atoms with Crippen molar-refractivity contribution in [3.8, 4) is 0 Å². The second-order valence-corrected chi connectivity index (χ2v) is 3.69. The minimum atomic E-state index is 0.777. The van der Waals surface area contributed by atoms with Crippen LogP contribution < -0.4 is 0 Å². The zero-order valence-electron chi connectivity index (χ0n) is 7.78. The topological polar surface area (TPSA) is 0 Å². The highest BCUT2D eigenvalue weighted by Gasteiger charge is 2.15. The monoisotopic (exact) mass is 184 g/mol. The summed E-state index contributed by atoms with van der Waals surface area (Å²) in [6, 6.07) is 0. The molecule has 1 saturated carbocycles. The van der Waals surface area contributed by atoms with Crippen LogP contribution in [-0.2, 0) is 0 Å². The van der Waals surface area contributed by atoms with Crippen LogP contribution in [0.1, 0.15) is 45.4 Å². The summed E-state index contributed by atoms with van der Waals surface area (Å²) in [6.45, 7) is 2.19. The molecule has 0 aliphatic heterocycles. The van der Waals surface area contributed by atoms with Gasteiger partial charge in [0.1, 0.15) is 0 Å². The van der Waals surface area contributed by atoms with E-state index in [-0.39, 0.29) is 0 Å². The van der Waals surface area contributed by atoms with E-state index in [9.17, 15) is 0 Å². The summed E-state index contributed by atoms with van der Waals surface area (Å²) in [5.41, 5.74) is 6.12. The van der Waals surface area contributed by atoms with E-state index in [4.69, 9.17) is 11.6 Å². The molecule has 1 aliphatic rings. The first-order valence-electron chi connectivity index (χ1n) is 4.92. The van der Waals surface area contributed by atoms with Crippen LogP contribution in [0.3, 0.4) is 0 Å². The minimum Gasteiger partial charge on any atom is -0.109 e. The molecule has 0 saturated heterocycles. The maximum atomic E-state index is 5.54. The van der Waals surface area contributed by atoms with Gasteiger partial charge in [0, 0.05) is 5.54 Å². The van der Waals surface area contributed by atoms with Crippen molar-refractivity contribution in [1.82, 2.24) is 0 Å². The maximum absolute atomic E-state index is 5.54. The molecular formula is C11H17Cl. The molecule has 1 heteroatoms. The van der Waals surface area contributed by atoms with E-state index in [0.717, 1.165) is 12.3 Å². The van der Waals surface area contributed by atoms with E-state index in [1.54, 1.807) is 0 Å². The van der Waals surface area contributed by atoms with Crippen LogP contribution in [0.5, 0.6) is 0 Å². The Hall–Kier alpha value is -0.190. The van der Waals surface area contributed by atoms with Gasteiger partial charge in [-0.1, -0.05) is 37.8 Å². The summed E-state index contributed by atoms with van der Waals surface area (Å²) in [6.07, 6.45) is 7.99. The van der Waals surface area contributed by atoms with Gasteiger partial charge in [0.2, 0.25) is 0 Å². The fourth-order valence-electron chi connectivity index (χ4n) is 2.03. The predicted octanol–water partition coefficient (Wildman–Crippen LogP) is 4.25. The van der Waals surface area contributed by atoms with Crippen molar-refractivity contribution in [2.24, 2.45) is 5.92 Å². The van der Waals surface area contributed by atoms with Crippen molar-refractivity contribution in [3.05, 3.63) is 16.8 Å². The van der Waals surface area contributed by atoms with E-state index in [0.29, 0.717) is 0 Å². The fourth-order valence-corrected chi connectivity index (χ4v) is 2.17. The molecule has 1 aliphatic carbocycles. The van der Waals surface area contributed by atoms with Gasteiger partial charge >= 0.3 is 0 Å². The second kappa shape index (κ2) is 5.45. The molecule has 0 nitrogen and oxygen atoms in total. The summed E-state index contributed by atoms with van der Waals surface area (Å²) >= 11 is 5.54. The van der Waals surface area contributed by atoms with Crippen molar-refractivity contribution in [2.75, 3.05) is 0 Å². The molecular weight excluding hydrogens is 168 g/mol. The highest BCUT2D eigenvalue weighted by Crippen LogP contribution is 2.30. The molecule has 1 rings (SSSR count). The molecule has 68 valence electrons. The molecule has 0 radical (unpaired) electrons. The lowest BCUT2D eigenvalue weighted by molar-refractivity contribution is 0.397. The number of halogens is 1. The lowest BCUT2D eigenvalue weighted by Crippen LogP contribution is -2.07. The summed E-state index contributed by atoms with van der Waals surface area (Å²) in [5.74, 6) is 0.777. The van der Waals surface area contributed by atoms with Crippen molar-refractivity contribution in [1.29, 1.82) is 0 Å². The van der Waals surface area contributed by atoms with Crippen molar-refractivity contribution < 1.29 is 0 Å². The molecule has 1 fully saturated rings. The van der Waals surface area contributed by atoms with Gasteiger partial charge in [-0.15, -0.1) is 5.73 Å². The van der Waals surface area contributed by atoms with Crippen LogP contribution in [0, 0.1) is 5.92 Å². The highest BCUT2D eigenvalue weighted by atomic mass is 35.5. The molecule has 0 amide bonds. The van der Waals surface area contributed by atoms with Gasteiger partial charge < -0.3 is 0 Å². The molecule has 0 aromatic rings. The highest BCUT2D eigenvalue weighted by molar-refractivity contribution is 6.25. The molecule has 0 N–H and O–H groups in total. The standard InChI is InChI=1S/C11H17Cl/c1-2-10(8-9-12)11-6-4-3-5-7-11/h9,11H,2-7H2,1H3. The quantitative estimate of drug-likeness (QED) is 0.563. The Bertz CT molecular complexity index is 181. The molecule has 0 bridgehead atoms. The van der Waals surface area contributed by atoms with Crippen LogP contribution in [-0.4, -0.2) is 0 Å². The summed E-state index contributed by atoms with van der Waals surface area (Å²) < 4.78 is 0. The smallest absolute Gasteiger partial charge is 0.0462 e. The Morgan fingerprint density at radius 1 is 1.42 bits per heavy atom. The fraction of sp³-hybridized carbons (Fsp3) is 0.727. The molecule has 0 unspecified atom stereocenters. The Labute approximate surface area is 80.3 Å². The second-order valence-electron chi connectivity index (χ2n) is 3.47. The summed E-state index contributed by atoms with van der Waals surface area (Å²) in [4.78, 5) is 0. The Morgan fingerprint density at radius 2 is 2.08 bits per heavy atom. The number of hydrogen-bond donors (Lipinski definition) is 0. The van der Waals surface area contributed by atoms with Gasteiger partial charge in [-0.2, -0.15) is 0 Å². The van der Waals surface area contributed by atoms with Gasteiger partial charge in [-0.3, -0.25) is 0 Å². The first-order valence-corrected chi connectivity index (χ1v) is 5.36. The largest absolute Gasteiger partial charge is 0.109 e. The lowest BCUT2D eigenvalue weighted by atomic mass is 9.83. The zero-order chi connectivity index (χ0) is 8.81. The molecule has 0 aromatic carbocycles. The molecule has 0 aromatic heterocycles. The predicted molar refractivity (Wildman–Crippen MR) is 54.3 cm³/mol. The maximum Gasteiger partial charge on any atom is 0.0462 e. The SMILES string of the molecule is CCC(=C=CCl)C1CCCCC1. The van der Waals surface area contributed by atoms with Crippen molar-refractivity contribution in [3.63, 3.8) is 0 Å². The third-order valence-electron chi connectivity index (χ3n) is 2.72. The van der Waals surface area contributed by atoms with E-state index in [2.05, 4.69) is 12.7 Å². The third kappa shape index (κ3) is 2.69. The van der Waals surface area contributed by atoms with Crippen LogP contribution in [0.25, 0.3) is 0 Å². The number of rotatable bonds is 2. The van der Waals surface area contributed by atoms with E-state index < -0.39 is 0 Å². The number of hydrogen-bond acceptors (Lipinski definition) is 0.